The molecule has 6 heteroatoms. The highest BCUT2D eigenvalue weighted by atomic mass is 19.4. The van der Waals surface area contributed by atoms with Gasteiger partial charge in [-0.25, -0.2) is 0 Å². The maximum absolute atomic E-state index is 12.6. The van der Waals surface area contributed by atoms with Crippen molar-refractivity contribution in [3.8, 4) is 0 Å². The van der Waals surface area contributed by atoms with Crippen LogP contribution in [0.5, 0.6) is 0 Å². The number of fused-ring (bicyclic) bond motifs is 1. The van der Waals surface area contributed by atoms with E-state index in [-0.39, 0.29) is 13.2 Å². The summed E-state index contributed by atoms with van der Waals surface area (Å²) in [4.78, 5) is 4.00. The predicted octanol–water partition coefficient (Wildman–Crippen LogP) is 2.66. The zero-order chi connectivity index (χ0) is 13.2. The summed E-state index contributed by atoms with van der Waals surface area (Å²) in [5.74, 6) is 0. The van der Waals surface area contributed by atoms with E-state index in [1.165, 1.54) is 12.3 Å². The van der Waals surface area contributed by atoms with Gasteiger partial charge in [-0.2, -0.15) is 13.2 Å². The second kappa shape index (κ2) is 4.81. The predicted molar refractivity (Wildman–Crippen MR) is 62.3 cm³/mol. The smallest absolute Gasteiger partial charge is 0.395 e. The summed E-state index contributed by atoms with van der Waals surface area (Å²) in [5, 5.41) is 12.0. The first-order valence-corrected chi connectivity index (χ1v) is 5.33. The van der Waals surface area contributed by atoms with Crippen LogP contribution in [-0.4, -0.2) is 23.2 Å². The van der Waals surface area contributed by atoms with E-state index in [0.717, 1.165) is 12.1 Å². The largest absolute Gasteiger partial charge is 0.416 e. The zero-order valence-electron chi connectivity index (χ0n) is 9.33. The maximum atomic E-state index is 12.6. The molecule has 1 aromatic carbocycles. The number of rotatable bonds is 3. The van der Waals surface area contributed by atoms with Gasteiger partial charge in [0.15, 0.2) is 0 Å². The average Bonchev–Trinajstić information content (AvgIpc) is 2.34. The third-order valence-electron chi connectivity index (χ3n) is 2.50. The lowest BCUT2D eigenvalue weighted by Gasteiger charge is -2.11. The highest BCUT2D eigenvalue weighted by Crippen LogP contribution is 2.32. The Balaban J connectivity index is 2.51. The Bertz CT molecular complexity index is 555. The summed E-state index contributed by atoms with van der Waals surface area (Å²) in [6.45, 7) is 0.179. The number of aromatic nitrogens is 1. The molecule has 1 heterocycles. The van der Waals surface area contributed by atoms with E-state index in [9.17, 15) is 13.2 Å². The molecule has 0 saturated carbocycles. The van der Waals surface area contributed by atoms with Crippen molar-refractivity contribution in [2.45, 2.75) is 6.18 Å². The number of aliphatic hydroxyl groups excluding tert-OH is 1. The van der Waals surface area contributed by atoms with Crippen molar-refractivity contribution in [2.75, 3.05) is 18.5 Å². The molecule has 2 aromatic rings. The summed E-state index contributed by atoms with van der Waals surface area (Å²) in [6, 6.07) is 4.98. The van der Waals surface area contributed by atoms with Gasteiger partial charge in [0.1, 0.15) is 0 Å². The van der Waals surface area contributed by atoms with Crippen LogP contribution in [0.25, 0.3) is 10.9 Å². The van der Waals surface area contributed by atoms with Crippen molar-refractivity contribution in [1.82, 2.24) is 4.98 Å². The molecule has 3 nitrogen and oxygen atoms in total. The molecule has 1 aromatic heterocycles. The molecule has 0 radical (unpaired) electrons. The lowest BCUT2D eigenvalue weighted by molar-refractivity contribution is -0.137. The van der Waals surface area contributed by atoms with Crippen molar-refractivity contribution >= 4 is 16.6 Å². The number of aliphatic hydroxyl groups is 1. The Morgan fingerprint density at radius 1 is 1.22 bits per heavy atom. The minimum Gasteiger partial charge on any atom is -0.395 e. The van der Waals surface area contributed by atoms with Crippen molar-refractivity contribution in [3.05, 3.63) is 36.0 Å². The van der Waals surface area contributed by atoms with Crippen LogP contribution in [-0.2, 0) is 6.18 Å². The molecule has 0 aliphatic rings. The normalized spacial score (nSPS) is 11.8. The Labute approximate surface area is 101 Å². The summed E-state index contributed by atoms with van der Waals surface area (Å²) in [6.07, 6.45) is -2.87. The minimum atomic E-state index is -4.38. The lowest BCUT2D eigenvalue weighted by Crippen LogP contribution is -2.07. The fraction of sp³-hybridized carbons (Fsp3) is 0.250. The summed E-state index contributed by atoms with van der Waals surface area (Å²) in [7, 11) is 0. The first kappa shape index (κ1) is 12.6. The molecule has 0 spiro atoms. The van der Waals surface area contributed by atoms with Gasteiger partial charge in [-0.1, -0.05) is 0 Å². The fourth-order valence-electron chi connectivity index (χ4n) is 1.67. The second-order valence-electron chi connectivity index (χ2n) is 3.74. The molecule has 0 saturated heterocycles. The molecule has 2 N–H and O–H groups in total. The molecule has 0 aliphatic heterocycles. The molecule has 0 atom stereocenters. The monoisotopic (exact) mass is 256 g/mol. The topological polar surface area (TPSA) is 45.1 Å². The molecule has 2 rings (SSSR count). The van der Waals surface area contributed by atoms with Crippen LogP contribution in [0.1, 0.15) is 5.56 Å². The number of pyridine rings is 1. The minimum absolute atomic E-state index is 0.0945. The number of hydrogen-bond acceptors (Lipinski definition) is 3. The van der Waals surface area contributed by atoms with E-state index < -0.39 is 11.7 Å². The quantitative estimate of drug-likeness (QED) is 0.887. The standard InChI is InChI=1S/C12H11F3N2O/c13-12(14,15)8-1-2-10-9(7-8)11(3-4-16-10)17-5-6-18/h1-4,7,18H,5-6H2,(H,16,17). The van der Waals surface area contributed by atoms with Gasteiger partial charge in [0, 0.05) is 23.8 Å². The third-order valence-corrected chi connectivity index (χ3v) is 2.50. The Hall–Kier alpha value is -1.82. The van der Waals surface area contributed by atoms with Gasteiger partial charge in [0.25, 0.3) is 0 Å². The van der Waals surface area contributed by atoms with E-state index >= 15 is 0 Å². The van der Waals surface area contributed by atoms with E-state index in [2.05, 4.69) is 10.3 Å². The van der Waals surface area contributed by atoms with Gasteiger partial charge >= 0.3 is 6.18 Å². The Morgan fingerprint density at radius 3 is 2.67 bits per heavy atom. The SMILES string of the molecule is OCCNc1ccnc2ccc(C(F)(F)F)cc12. The zero-order valence-corrected chi connectivity index (χ0v) is 9.33. The van der Waals surface area contributed by atoms with Crippen LogP contribution in [0, 0.1) is 0 Å². The molecule has 0 aliphatic carbocycles. The van der Waals surface area contributed by atoms with Crippen LogP contribution in [0.2, 0.25) is 0 Å². The number of benzene rings is 1. The number of alkyl halides is 3. The molecular formula is C12H11F3N2O. The van der Waals surface area contributed by atoms with Crippen molar-refractivity contribution < 1.29 is 18.3 Å². The summed E-state index contributed by atoms with van der Waals surface area (Å²) >= 11 is 0. The average molecular weight is 256 g/mol. The van der Waals surface area contributed by atoms with Crippen LogP contribution >= 0.6 is 0 Å². The molecular weight excluding hydrogens is 245 g/mol. The van der Waals surface area contributed by atoms with Gasteiger partial charge in [0.05, 0.1) is 17.7 Å². The molecule has 0 bridgehead atoms. The van der Waals surface area contributed by atoms with Gasteiger partial charge in [-0.15, -0.1) is 0 Å². The second-order valence-corrected chi connectivity index (χ2v) is 3.74. The molecule has 0 amide bonds. The van der Waals surface area contributed by atoms with Gasteiger partial charge < -0.3 is 10.4 Å². The first-order valence-electron chi connectivity index (χ1n) is 5.33. The summed E-state index contributed by atoms with van der Waals surface area (Å²) in [5.41, 5.74) is 0.293. The highest BCUT2D eigenvalue weighted by Gasteiger charge is 2.30. The van der Waals surface area contributed by atoms with Crippen molar-refractivity contribution in [3.63, 3.8) is 0 Å². The van der Waals surface area contributed by atoms with E-state index in [0.29, 0.717) is 16.6 Å². The van der Waals surface area contributed by atoms with E-state index in [1.54, 1.807) is 6.07 Å². The number of halogens is 3. The molecule has 18 heavy (non-hydrogen) atoms. The number of anilines is 1. The van der Waals surface area contributed by atoms with Crippen LogP contribution in [0.3, 0.4) is 0 Å². The maximum Gasteiger partial charge on any atom is 0.416 e. The van der Waals surface area contributed by atoms with Gasteiger partial charge in [0.2, 0.25) is 0 Å². The third kappa shape index (κ3) is 2.53. The Kier molecular flexibility index (Phi) is 3.38. The van der Waals surface area contributed by atoms with Crippen LogP contribution in [0.15, 0.2) is 30.5 Å². The number of nitrogens with one attached hydrogen (secondary N) is 1. The van der Waals surface area contributed by atoms with Crippen molar-refractivity contribution in [2.24, 2.45) is 0 Å². The highest BCUT2D eigenvalue weighted by molar-refractivity contribution is 5.91. The fourth-order valence-corrected chi connectivity index (χ4v) is 1.67. The number of nitrogens with zero attached hydrogens (tertiary/aromatic N) is 1. The van der Waals surface area contributed by atoms with Crippen LogP contribution < -0.4 is 5.32 Å². The lowest BCUT2D eigenvalue weighted by atomic mass is 10.1. The van der Waals surface area contributed by atoms with Crippen LogP contribution in [0.4, 0.5) is 18.9 Å². The first-order chi connectivity index (χ1) is 8.52. The summed E-state index contributed by atoms with van der Waals surface area (Å²) < 4.78 is 37.9. The van der Waals surface area contributed by atoms with Gasteiger partial charge in [-0.3, -0.25) is 4.98 Å². The van der Waals surface area contributed by atoms with Gasteiger partial charge in [-0.05, 0) is 24.3 Å². The molecule has 96 valence electrons. The molecule has 0 unspecified atom stereocenters. The van der Waals surface area contributed by atoms with Crippen molar-refractivity contribution in [1.29, 1.82) is 0 Å². The van der Waals surface area contributed by atoms with E-state index in [4.69, 9.17) is 5.11 Å². The molecule has 0 fully saturated rings. The number of hydrogen-bond donors (Lipinski definition) is 2. The Morgan fingerprint density at radius 2 is 2.00 bits per heavy atom. The van der Waals surface area contributed by atoms with E-state index in [1.807, 2.05) is 0 Å².